The fraction of sp³-hybridized carbons (Fsp3) is 0.200. The third-order valence-corrected chi connectivity index (χ3v) is 1.99. The van der Waals surface area contributed by atoms with Crippen LogP contribution in [-0.4, -0.2) is 22.2 Å². The molecule has 74 valence electrons. The van der Waals surface area contributed by atoms with Crippen molar-refractivity contribution in [2.45, 2.75) is 13.3 Å². The molecule has 0 amide bonds. The van der Waals surface area contributed by atoms with Gasteiger partial charge in [0, 0.05) is 6.08 Å². The number of hydrogen-bond acceptors (Lipinski definition) is 2. The Bertz CT molecular complexity index is 372. The van der Waals surface area contributed by atoms with Crippen LogP contribution in [-0.2, 0) is 9.59 Å². The van der Waals surface area contributed by atoms with Crippen molar-refractivity contribution < 1.29 is 19.8 Å². The first-order valence-corrected chi connectivity index (χ1v) is 4.07. The Labute approximate surface area is 80.9 Å². The standard InChI is InChI=1S/C10H10O4/c1-6-3-2-4-7(6)8(10(13)14)5-9(11)12/h2-3,5H,4H2,1H3,(H,11,12)(H,13,14)/b8-5-. The van der Waals surface area contributed by atoms with Crippen molar-refractivity contribution in [2.24, 2.45) is 0 Å². The number of carboxylic acids is 2. The summed E-state index contributed by atoms with van der Waals surface area (Å²) in [4.78, 5) is 21.2. The third kappa shape index (κ3) is 2.10. The van der Waals surface area contributed by atoms with Crippen LogP contribution in [0.25, 0.3) is 0 Å². The van der Waals surface area contributed by atoms with E-state index in [-0.39, 0.29) is 5.57 Å². The lowest BCUT2D eigenvalue weighted by Crippen LogP contribution is -2.06. The zero-order valence-electron chi connectivity index (χ0n) is 7.65. The Kier molecular flexibility index (Phi) is 2.86. The van der Waals surface area contributed by atoms with Gasteiger partial charge in [-0.3, -0.25) is 0 Å². The predicted molar refractivity (Wildman–Crippen MR) is 49.8 cm³/mol. The Hall–Kier alpha value is -1.84. The predicted octanol–water partition coefficient (Wildman–Crippen LogP) is 1.36. The first-order chi connectivity index (χ1) is 6.52. The second kappa shape index (κ2) is 3.91. The largest absolute Gasteiger partial charge is 0.478 e. The van der Waals surface area contributed by atoms with Gasteiger partial charge in [0.1, 0.15) is 0 Å². The van der Waals surface area contributed by atoms with Crippen LogP contribution in [0.4, 0.5) is 0 Å². The molecule has 0 fully saturated rings. The first kappa shape index (κ1) is 10.2. The topological polar surface area (TPSA) is 74.6 Å². The molecule has 4 nitrogen and oxygen atoms in total. The van der Waals surface area contributed by atoms with Gasteiger partial charge in [-0.1, -0.05) is 12.2 Å². The molecule has 0 spiro atoms. The van der Waals surface area contributed by atoms with Crippen molar-refractivity contribution in [1.29, 1.82) is 0 Å². The highest BCUT2D eigenvalue weighted by Gasteiger charge is 2.18. The summed E-state index contributed by atoms with van der Waals surface area (Å²) >= 11 is 0. The normalized spacial score (nSPS) is 16.2. The van der Waals surface area contributed by atoms with Crippen molar-refractivity contribution in [2.75, 3.05) is 0 Å². The first-order valence-electron chi connectivity index (χ1n) is 4.07. The summed E-state index contributed by atoms with van der Waals surface area (Å²) < 4.78 is 0. The van der Waals surface area contributed by atoms with Crippen LogP contribution in [0.2, 0.25) is 0 Å². The van der Waals surface area contributed by atoms with Crippen molar-refractivity contribution in [3.63, 3.8) is 0 Å². The fourth-order valence-electron chi connectivity index (χ4n) is 1.34. The molecule has 0 unspecified atom stereocenters. The molecule has 0 atom stereocenters. The summed E-state index contributed by atoms with van der Waals surface area (Å²) in [5, 5.41) is 17.3. The van der Waals surface area contributed by atoms with Crippen LogP contribution >= 0.6 is 0 Å². The summed E-state index contributed by atoms with van der Waals surface area (Å²) in [6.07, 6.45) is 4.81. The summed E-state index contributed by atoms with van der Waals surface area (Å²) in [5.74, 6) is -2.44. The molecular formula is C10H10O4. The fourth-order valence-corrected chi connectivity index (χ4v) is 1.34. The van der Waals surface area contributed by atoms with E-state index in [0.29, 0.717) is 12.0 Å². The molecule has 0 radical (unpaired) electrons. The lowest BCUT2D eigenvalue weighted by Gasteiger charge is -2.03. The molecule has 0 saturated carbocycles. The SMILES string of the molecule is CC1=C(/C(=C/C(=O)O)C(=O)O)CC=C1. The molecule has 0 saturated heterocycles. The summed E-state index contributed by atoms with van der Waals surface area (Å²) in [6, 6.07) is 0. The van der Waals surface area contributed by atoms with Gasteiger partial charge in [0.2, 0.25) is 0 Å². The van der Waals surface area contributed by atoms with Gasteiger partial charge in [0.25, 0.3) is 0 Å². The molecule has 0 aromatic rings. The molecule has 1 aliphatic rings. The van der Waals surface area contributed by atoms with Gasteiger partial charge < -0.3 is 10.2 Å². The van der Waals surface area contributed by atoms with Gasteiger partial charge in [0.05, 0.1) is 5.57 Å². The van der Waals surface area contributed by atoms with Crippen LogP contribution in [0.5, 0.6) is 0 Å². The maximum Gasteiger partial charge on any atom is 0.336 e. The van der Waals surface area contributed by atoms with Crippen LogP contribution in [0.1, 0.15) is 13.3 Å². The molecule has 0 aromatic heterocycles. The molecule has 0 aliphatic heterocycles. The van der Waals surface area contributed by atoms with Gasteiger partial charge in [0.15, 0.2) is 0 Å². The zero-order valence-corrected chi connectivity index (χ0v) is 7.65. The van der Waals surface area contributed by atoms with Crippen molar-refractivity contribution in [3.05, 3.63) is 34.9 Å². The monoisotopic (exact) mass is 194 g/mol. The average Bonchev–Trinajstić information content (AvgIpc) is 2.46. The van der Waals surface area contributed by atoms with E-state index in [2.05, 4.69) is 0 Å². The zero-order chi connectivity index (χ0) is 10.7. The molecule has 0 heterocycles. The molecule has 14 heavy (non-hydrogen) atoms. The maximum atomic E-state index is 10.8. The maximum absolute atomic E-state index is 10.8. The molecule has 1 aliphatic carbocycles. The van der Waals surface area contributed by atoms with E-state index in [1.807, 2.05) is 6.08 Å². The second-order valence-electron chi connectivity index (χ2n) is 2.97. The Morgan fingerprint density at radius 2 is 2.07 bits per heavy atom. The highest BCUT2D eigenvalue weighted by Crippen LogP contribution is 2.25. The van der Waals surface area contributed by atoms with E-state index in [9.17, 15) is 9.59 Å². The number of hydrogen-bond donors (Lipinski definition) is 2. The van der Waals surface area contributed by atoms with E-state index in [0.717, 1.165) is 11.6 Å². The number of rotatable bonds is 3. The van der Waals surface area contributed by atoms with Crippen LogP contribution in [0, 0.1) is 0 Å². The summed E-state index contributed by atoms with van der Waals surface area (Å²) in [7, 11) is 0. The molecule has 1 rings (SSSR count). The second-order valence-corrected chi connectivity index (χ2v) is 2.97. The minimum atomic E-state index is -1.24. The van der Waals surface area contributed by atoms with Crippen LogP contribution < -0.4 is 0 Å². The van der Waals surface area contributed by atoms with Crippen molar-refractivity contribution in [3.8, 4) is 0 Å². The van der Waals surface area contributed by atoms with Crippen molar-refractivity contribution >= 4 is 11.9 Å². The third-order valence-electron chi connectivity index (χ3n) is 1.99. The Morgan fingerprint density at radius 1 is 1.43 bits per heavy atom. The van der Waals surface area contributed by atoms with E-state index >= 15 is 0 Å². The lowest BCUT2D eigenvalue weighted by atomic mass is 10.0. The van der Waals surface area contributed by atoms with E-state index in [1.54, 1.807) is 13.0 Å². The summed E-state index contributed by atoms with van der Waals surface area (Å²) in [5.41, 5.74) is 1.24. The number of carbonyl (C=O) groups is 2. The van der Waals surface area contributed by atoms with Crippen LogP contribution in [0.15, 0.2) is 34.9 Å². The molecular weight excluding hydrogens is 184 g/mol. The minimum Gasteiger partial charge on any atom is -0.478 e. The van der Waals surface area contributed by atoms with Gasteiger partial charge in [-0.2, -0.15) is 0 Å². The molecule has 0 aromatic carbocycles. The number of allylic oxidation sites excluding steroid dienone is 3. The smallest absolute Gasteiger partial charge is 0.336 e. The van der Waals surface area contributed by atoms with Crippen LogP contribution in [0.3, 0.4) is 0 Å². The van der Waals surface area contributed by atoms with E-state index in [1.165, 1.54) is 0 Å². The Morgan fingerprint density at radius 3 is 2.43 bits per heavy atom. The number of carboxylic acid groups (broad SMARTS) is 2. The molecule has 0 bridgehead atoms. The van der Waals surface area contributed by atoms with Gasteiger partial charge >= 0.3 is 11.9 Å². The highest BCUT2D eigenvalue weighted by molar-refractivity contribution is 5.99. The van der Waals surface area contributed by atoms with Gasteiger partial charge in [-0.05, 0) is 24.5 Å². The van der Waals surface area contributed by atoms with Gasteiger partial charge in [-0.25, -0.2) is 9.59 Å². The highest BCUT2D eigenvalue weighted by atomic mass is 16.4. The van der Waals surface area contributed by atoms with E-state index in [4.69, 9.17) is 10.2 Å². The molecule has 2 N–H and O–H groups in total. The number of aliphatic carboxylic acids is 2. The molecule has 4 heteroatoms. The summed E-state index contributed by atoms with van der Waals surface area (Å²) in [6.45, 7) is 1.76. The lowest BCUT2D eigenvalue weighted by molar-refractivity contribution is -0.134. The Balaban J connectivity index is 3.08. The van der Waals surface area contributed by atoms with E-state index < -0.39 is 11.9 Å². The quantitative estimate of drug-likeness (QED) is 0.665. The minimum absolute atomic E-state index is 0.139. The van der Waals surface area contributed by atoms with Gasteiger partial charge in [-0.15, -0.1) is 0 Å². The average molecular weight is 194 g/mol. The van der Waals surface area contributed by atoms with Crippen molar-refractivity contribution in [1.82, 2.24) is 0 Å².